The van der Waals surface area contributed by atoms with Gasteiger partial charge < -0.3 is 20.3 Å². The minimum Gasteiger partial charge on any atom is -0.381 e. The van der Waals surface area contributed by atoms with Crippen LogP contribution in [-0.4, -0.2) is 72.4 Å². The number of aromatic nitrogens is 4. The topological polar surface area (TPSA) is 88.1 Å². The zero-order chi connectivity index (χ0) is 22.9. The van der Waals surface area contributed by atoms with E-state index in [2.05, 4.69) is 83.3 Å². The lowest BCUT2D eigenvalue weighted by molar-refractivity contribution is 0.198. The second-order valence-corrected chi connectivity index (χ2v) is 9.66. The molecular weight excluding hydrogens is 606 g/mol. The van der Waals surface area contributed by atoms with Gasteiger partial charge in [-0.25, -0.2) is 19.9 Å². The van der Waals surface area contributed by atoms with E-state index in [9.17, 15) is 0 Å². The van der Waals surface area contributed by atoms with Crippen LogP contribution in [0, 0.1) is 0 Å². The fourth-order valence-corrected chi connectivity index (χ4v) is 3.59. The number of piperazine rings is 1. The van der Waals surface area contributed by atoms with Crippen LogP contribution in [0.1, 0.15) is 32.1 Å². The molecule has 2 N–H and O–H groups in total. The Bertz CT molecular complexity index is 668. The van der Waals surface area contributed by atoms with Gasteiger partial charge in [0.1, 0.15) is 19.6 Å². The molecule has 0 atom stereocenters. The molecule has 11 heteroatoms. The van der Waals surface area contributed by atoms with Gasteiger partial charge in [-0.2, -0.15) is 0 Å². The van der Waals surface area contributed by atoms with Crippen LogP contribution in [0.3, 0.4) is 0 Å². The van der Waals surface area contributed by atoms with E-state index >= 15 is 0 Å². The number of nitrogens with one attached hydrogen (secondary N) is 2. The molecular formula is C21H32Br3N7O. The van der Waals surface area contributed by atoms with Crippen LogP contribution in [0.2, 0.25) is 0 Å². The van der Waals surface area contributed by atoms with Crippen LogP contribution >= 0.6 is 47.8 Å². The fourth-order valence-electron chi connectivity index (χ4n) is 2.97. The van der Waals surface area contributed by atoms with E-state index in [4.69, 9.17) is 4.74 Å². The fraction of sp³-hybridized carbons (Fsp3) is 0.619. The summed E-state index contributed by atoms with van der Waals surface area (Å²) in [5, 5.41) is 6.58. The van der Waals surface area contributed by atoms with Crippen LogP contribution in [0.4, 0.5) is 5.82 Å². The lowest BCUT2D eigenvalue weighted by atomic mass is 10.2. The number of nitrogens with zero attached hydrogens (tertiary/aromatic N) is 5. The zero-order valence-electron chi connectivity index (χ0n) is 18.3. The number of hydrogen-bond acceptors (Lipinski definition) is 8. The Morgan fingerprint density at radius 3 is 1.47 bits per heavy atom. The predicted molar refractivity (Wildman–Crippen MR) is 139 cm³/mol. The lowest BCUT2D eigenvalue weighted by Crippen LogP contribution is -2.43. The van der Waals surface area contributed by atoms with Gasteiger partial charge >= 0.3 is 0 Å². The molecule has 0 spiro atoms. The molecule has 2 aromatic heterocycles. The van der Waals surface area contributed by atoms with Crippen molar-refractivity contribution in [1.82, 2.24) is 30.6 Å². The van der Waals surface area contributed by atoms with Crippen LogP contribution in [0.15, 0.2) is 38.6 Å². The Morgan fingerprint density at radius 2 is 1.12 bits per heavy atom. The number of rotatable bonds is 1. The van der Waals surface area contributed by atoms with Gasteiger partial charge in [0.25, 0.3) is 0 Å². The van der Waals surface area contributed by atoms with E-state index < -0.39 is 0 Å². The third-order valence-corrected chi connectivity index (χ3v) is 5.90. The largest absolute Gasteiger partial charge is 0.381 e. The average Bonchev–Trinajstić information content (AvgIpc) is 3.45. The number of hydrogen-bond donors (Lipinski definition) is 2. The van der Waals surface area contributed by atoms with E-state index in [0.717, 1.165) is 59.0 Å². The molecule has 2 aromatic rings. The monoisotopic (exact) mass is 635 g/mol. The number of ether oxygens (including phenoxy) is 1. The first-order chi connectivity index (χ1) is 15.6. The first kappa shape index (κ1) is 27.5. The molecule has 3 aliphatic rings. The van der Waals surface area contributed by atoms with Crippen LogP contribution in [0.5, 0.6) is 0 Å². The highest BCUT2D eigenvalue weighted by atomic mass is 79.9. The van der Waals surface area contributed by atoms with Crippen LogP contribution < -0.4 is 15.5 Å². The molecule has 5 rings (SSSR count). The highest BCUT2D eigenvalue weighted by Gasteiger charge is 2.11. The minimum atomic E-state index is 0.751. The van der Waals surface area contributed by atoms with Crippen molar-refractivity contribution >= 4 is 53.6 Å². The predicted octanol–water partition coefficient (Wildman–Crippen LogP) is 4.21. The van der Waals surface area contributed by atoms with Gasteiger partial charge in [-0.1, -0.05) is 6.42 Å². The molecule has 0 aromatic carbocycles. The van der Waals surface area contributed by atoms with E-state index in [0.29, 0.717) is 0 Å². The Labute approximate surface area is 216 Å². The zero-order valence-corrected chi connectivity index (χ0v) is 23.0. The van der Waals surface area contributed by atoms with Gasteiger partial charge in [-0.15, -0.1) is 0 Å². The number of halogens is 3. The van der Waals surface area contributed by atoms with Crippen molar-refractivity contribution in [3.05, 3.63) is 38.6 Å². The minimum absolute atomic E-state index is 0.751. The summed E-state index contributed by atoms with van der Waals surface area (Å²) in [7, 11) is 0. The maximum Gasteiger partial charge on any atom is 0.147 e. The first-order valence-corrected chi connectivity index (χ1v) is 13.4. The van der Waals surface area contributed by atoms with Gasteiger partial charge in [0.2, 0.25) is 0 Å². The highest BCUT2D eigenvalue weighted by molar-refractivity contribution is 9.11. The normalized spacial score (nSPS) is 17.7. The average molecular weight is 638 g/mol. The van der Waals surface area contributed by atoms with Crippen molar-refractivity contribution in [3.8, 4) is 0 Å². The quantitative estimate of drug-likeness (QED) is 0.481. The van der Waals surface area contributed by atoms with Gasteiger partial charge in [0, 0.05) is 39.4 Å². The maximum atomic E-state index is 4.94. The molecule has 0 amide bonds. The van der Waals surface area contributed by atoms with E-state index in [-0.39, 0.29) is 0 Å². The van der Waals surface area contributed by atoms with Gasteiger partial charge in [-0.05, 0) is 86.6 Å². The van der Waals surface area contributed by atoms with Gasteiger partial charge in [0.15, 0.2) is 0 Å². The Hall–Kier alpha value is -0.720. The number of piperidine rings is 1. The van der Waals surface area contributed by atoms with E-state index in [1.165, 1.54) is 45.2 Å². The summed E-state index contributed by atoms with van der Waals surface area (Å²) in [4.78, 5) is 18.4. The van der Waals surface area contributed by atoms with Crippen LogP contribution in [0.25, 0.3) is 0 Å². The van der Waals surface area contributed by atoms with Crippen molar-refractivity contribution in [2.24, 2.45) is 0 Å². The van der Waals surface area contributed by atoms with Crippen LogP contribution in [-0.2, 0) is 4.74 Å². The molecule has 3 saturated heterocycles. The molecule has 3 fully saturated rings. The summed E-state index contributed by atoms with van der Waals surface area (Å²) in [5.74, 6) is 0.963. The van der Waals surface area contributed by atoms with Crippen molar-refractivity contribution in [2.75, 3.05) is 57.4 Å². The summed E-state index contributed by atoms with van der Waals surface area (Å²) >= 11 is 9.57. The third-order valence-electron chi connectivity index (χ3n) is 4.67. The Morgan fingerprint density at radius 1 is 0.625 bits per heavy atom. The van der Waals surface area contributed by atoms with E-state index in [1.54, 1.807) is 24.8 Å². The number of anilines is 1. The van der Waals surface area contributed by atoms with E-state index in [1.807, 2.05) is 0 Å². The maximum absolute atomic E-state index is 4.94. The standard InChI is InChI=1S/C8H11BrN4.C5H11N.C4H2Br2N2.C4H8O/c9-7-5-12-8(6-11-7)13-3-1-10-2-4-13;1-2-4-6-5-3-1;5-3-1-7-4(6)2-8-3;1-2-4-5-3-1/h5-6,10H,1-4H2;6H,1-5H2;1-2H;1-4H2. The summed E-state index contributed by atoms with van der Waals surface area (Å²) in [6.07, 6.45) is 13.6. The summed E-state index contributed by atoms with van der Waals surface area (Å²) in [5.41, 5.74) is 0. The molecule has 0 unspecified atom stereocenters. The molecule has 0 bridgehead atoms. The Balaban J connectivity index is 0.000000163. The van der Waals surface area contributed by atoms with Gasteiger partial charge in [0.05, 0.1) is 24.8 Å². The SMILES string of the molecule is Brc1cnc(Br)cn1.Brc1cnc(N2CCNCC2)cn1.C1CCNCC1.C1CCOC1. The van der Waals surface area contributed by atoms with Gasteiger partial charge in [-0.3, -0.25) is 0 Å². The van der Waals surface area contributed by atoms with Crippen molar-refractivity contribution in [1.29, 1.82) is 0 Å². The summed E-state index contributed by atoms with van der Waals surface area (Å²) < 4.78 is 7.23. The molecule has 5 heterocycles. The van der Waals surface area contributed by atoms with Crippen molar-refractivity contribution in [3.63, 3.8) is 0 Å². The molecule has 32 heavy (non-hydrogen) atoms. The summed E-state index contributed by atoms with van der Waals surface area (Å²) in [6, 6.07) is 0. The first-order valence-electron chi connectivity index (χ1n) is 11.0. The highest BCUT2D eigenvalue weighted by Crippen LogP contribution is 2.11. The molecule has 8 nitrogen and oxygen atoms in total. The molecule has 3 aliphatic heterocycles. The smallest absolute Gasteiger partial charge is 0.147 e. The molecule has 178 valence electrons. The molecule has 0 aliphatic carbocycles. The third kappa shape index (κ3) is 13.1. The summed E-state index contributed by atoms with van der Waals surface area (Å²) in [6.45, 7) is 8.57. The molecule has 0 radical (unpaired) electrons. The Kier molecular flexibility index (Phi) is 15.2. The van der Waals surface area contributed by atoms with Crippen molar-refractivity contribution in [2.45, 2.75) is 32.1 Å². The second kappa shape index (κ2) is 17.7. The lowest BCUT2D eigenvalue weighted by Gasteiger charge is -2.27. The molecule has 0 saturated carbocycles. The van der Waals surface area contributed by atoms with Crippen molar-refractivity contribution < 1.29 is 4.74 Å². The second-order valence-electron chi connectivity index (χ2n) is 7.23.